The Hall–Kier alpha value is -6.18. The molecule has 0 spiro atoms. The van der Waals surface area contributed by atoms with Crippen molar-refractivity contribution in [3.8, 4) is 33.4 Å². The van der Waals surface area contributed by atoms with E-state index in [1.807, 2.05) is 6.07 Å². The normalized spacial score (nSPS) is 11.9. The maximum Gasteiger partial charge on any atom is 0.136 e. The van der Waals surface area contributed by atoms with Crippen molar-refractivity contribution in [2.24, 2.45) is 0 Å². The Balaban J connectivity index is 1.24. The van der Waals surface area contributed by atoms with Crippen LogP contribution in [0.5, 0.6) is 0 Å². The summed E-state index contributed by atoms with van der Waals surface area (Å²) in [5.41, 5.74) is 10.7. The highest BCUT2D eigenvalue weighted by atomic mass is 16.3. The third-order valence-electron chi connectivity index (χ3n) is 10.8. The van der Waals surface area contributed by atoms with Crippen LogP contribution in [0.15, 0.2) is 168 Å². The molecule has 1 nitrogen and oxygen atoms in total. The third kappa shape index (κ3) is 4.77. The van der Waals surface area contributed by atoms with Gasteiger partial charge in [-0.25, -0.2) is 0 Å². The molecule has 242 valence electrons. The van der Waals surface area contributed by atoms with E-state index in [4.69, 9.17) is 4.42 Å². The predicted octanol–water partition coefficient (Wildman–Crippen LogP) is 14.5. The molecule has 0 aliphatic heterocycles. The second-order valence-electron chi connectivity index (χ2n) is 13.8. The molecule has 0 aliphatic carbocycles. The van der Waals surface area contributed by atoms with Gasteiger partial charge in [-0.05, 0) is 113 Å². The van der Waals surface area contributed by atoms with E-state index in [2.05, 4.69) is 165 Å². The van der Waals surface area contributed by atoms with E-state index in [9.17, 15) is 0 Å². The molecule has 1 aromatic heterocycles. The van der Waals surface area contributed by atoms with Crippen molar-refractivity contribution in [1.29, 1.82) is 0 Å². The molecular formula is C50H36O. The molecule has 1 heterocycles. The highest BCUT2D eigenvalue weighted by Crippen LogP contribution is 2.48. The number of hydrogen-bond acceptors (Lipinski definition) is 1. The van der Waals surface area contributed by atoms with Crippen molar-refractivity contribution in [2.45, 2.75) is 26.2 Å². The first kappa shape index (κ1) is 29.7. The first-order valence-electron chi connectivity index (χ1n) is 18.2. The first-order chi connectivity index (χ1) is 25.3. The number of rotatable bonds is 6. The van der Waals surface area contributed by atoms with Crippen molar-refractivity contribution in [3.05, 3.63) is 169 Å². The molecule has 0 bridgehead atoms. The minimum absolute atomic E-state index is 0.915. The van der Waals surface area contributed by atoms with Crippen LogP contribution in [0.3, 0.4) is 0 Å². The molecule has 0 radical (unpaired) electrons. The monoisotopic (exact) mass is 652 g/mol. The van der Waals surface area contributed by atoms with Crippen LogP contribution in [0.25, 0.3) is 98.4 Å². The van der Waals surface area contributed by atoms with Gasteiger partial charge < -0.3 is 4.42 Å². The summed E-state index contributed by atoms with van der Waals surface area (Å²) in [4.78, 5) is 0. The summed E-state index contributed by atoms with van der Waals surface area (Å²) < 4.78 is 6.38. The molecule has 0 saturated heterocycles. The number of para-hydroxylation sites is 1. The van der Waals surface area contributed by atoms with Gasteiger partial charge >= 0.3 is 0 Å². The Morgan fingerprint density at radius 3 is 1.76 bits per heavy atom. The van der Waals surface area contributed by atoms with E-state index in [1.165, 1.54) is 100 Å². The van der Waals surface area contributed by atoms with Crippen LogP contribution in [0, 0.1) is 0 Å². The third-order valence-corrected chi connectivity index (χ3v) is 10.8. The van der Waals surface area contributed by atoms with E-state index in [0.29, 0.717) is 0 Å². The van der Waals surface area contributed by atoms with Crippen LogP contribution in [0.1, 0.15) is 25.3 Å². The molecule has 1 heteroatoms. The molecule has 0 unspecified atom stereocenters. The highest BCUT2D eigenvalue weighted by Gasteiger charge is 2.21. The van der Waals surface area contributed by atoms with Gasteiger partial charge in [-0.1, -0.05) is 159 Å². The number of hydrogen-bond donors (Lipinski definition) is 0. The summed E-state index contributed by atoms with van der Waals surface area (Å²) in [6.45, 7) is 2.26. The molecule has 0 fully saturated rings. The van der Waals surface area contributed by atoms with Gasteiger partial charge in [-0.3, -0.25) is 0 Å². The van der Waals surface area contributed by atoms with Crippen molar-refractivity contribution in [2.75, 3.05) is 0 Å². The van der Waals surface area contributed by atoms with Crippen LogP contribution in [0.2, 0.25) is 0 Å². The molecule has 0 amide bonds. The minimum Gasteiger partial charge on any atom is -0.456 e. The smallest absolute Gasteiger partial charge is 0.136 e. The summed E-state index contributed by atoms with van der Waals surface area (Å²) >= 11 is 0. The molecular weight excluding hydrogens is 617 g/mol. The zero-order chi connectivity index (χ0) is 33.9. The zero-order valence-electron chi connectivity index (χ0n) is 28.6. The van der Waals surface area contributed by atoms with Gasteiger partial charge in [-0.2, -0.15) is 0 Å². The van der Waals surface area contributed by atoms with Crippen LogP contribution in [-0.2, 0) is 6.42 Å². The Bertz CT molecular complexity index is 2900. The second kappa shape index (κ2) is 12.0. The fraction of sp³-hybridized carbons (Fsp3) is 0.0800. The Kier molecular flexibility index (Phi) is 6.99. The van der Waals surface area contributed by atoms with Gasteiger partial charge in [0.1, 0.15) is 11.2 Å². The minimum atomic E-state index is 0.915. The standard InChI is InChI=1S/C50H36O/c1-2-3-13-32-26-29-37-34(30-32)15-11-21-36(37)35-28-27-33-14-10-22-42(45(33)31-35)48-38-16-4-6-18-40(38)49(41-19-7-5-17-39(41)48)44-23-12-25-47-50(44)43-20-8-9-24-46(43)51-47/h4-12,14-31H,2-3,13H2,1H3. The molecule has 51 heavy (non-hydrogen) atoms. The molecule has 10 aromatic rings. The summed E-state index contributed by atoms with van der Waals surface area (Å²) in [6.07, 6.45) is 3.56. The van der Waals surface area contributed by atoms with E-state index >= 15 is 0 Å². The van der Waals surface area contributed by atoms with Crippen LogP contribution < -0.4 is 0 Å². The maximum absolute atomic E-state index is 6.38. The number of unbranched alkanes of at least 4 members (excludes halogenated alkanes) is 1. The average molecular weight is 653 g/mol. The van der Waals surface area contributed by atoms with Gasteiger partial charge in [0.05, 0.1) is 0 Å². The Labute approximate surface area is 297 Å². The lowest BCUT2D eigenvalue weighted by Crippen LogP contribution is -1.92. The predicted molar refractivity (Wildman–Crippen MR) is 219 cm³/mol. The number of furan rings is 1. The molecule has 0 atom stereocenters. The van der Waals surface area contributed by atoms with Crippen molar-refractivity contribution < 1.29 is 4.42 Å². The van der Waals surface area contributed by atoms with Crippen molar-refractivity contribution in [3.63, 3.8) is 0 Å². The van der Waals surface area contributed by atoms with E-state index < -0.39 is 0 Å². The second-order valence-corrected chi connectivity index (χ2v) is 13.8. The van der Waals surface area contributed by atoms with E-state index in [0.717, 1.165) is 23.0 Å². The Morgan fingerprint density at radius 2 is 1.02 bits per heavy atom. The van der Waals surface area contributed by atoms with E-state index in [1.54, 1.807) is 0 Å². The van der Waals surface area contributed by atoms with Gasteiger partial charge in [0.25, 0.3) is 0 Å². The molecule has 10 rings (SSSR count). The first-order valence-corrected chi connectivity index (χ1v) is 18.2. The molecule has 0 saturated carbocycles. The molecule has 0 aliphatic rings. The lowest BCUT2D eigenvalue weighted by molar-refractivity contribution is 0.669. The van der Waals surface area contributed by atoms with Crippen LogP contribution in [-0.4, -0.2) is 0 Å². The highest BCUT2D eigenvalue weighted by molar-refractivity contribution is 6.27. The summed E-state index contributed by atoms with van der Waals surface area (Å²) in [6, 6.07) is 60.3. The van der Waals surface area contributed by atoms with Gasteiger partial charge in [-0.15, -0.1) is 0 Å². The SMILES string of the molecule is CCCCc1ccc2c(-c3ccc4cccc(-c5c6ccccc6c(-c6cccc7oc8ccccc8c67)c6ccccc56)c4c3)cccc2c1. The summed E-state index contributed by atoms with van der Waals surface area (Å²) in [5, 5.41) is 12.4. The number of benzene rings is 9. The summed E-state index contributed by atoms with van der Waals surface area (Å²) in [7, 11) is 0. The van der Waals surface area contributed by atoms with Gasteiger partial charge in [0, 0.05) is 10.8 Å². The Morgan fingerprint density at radius 1 is 0.412 bits per heavy atom. The zero-order valence-corrected chi connectivity index (χ0v) is 28.6. The van der Waals surface area contributed by atoms with Gasteiger partial charge in [0.2, 0.25) is 0 Å². The topological polar surface area (TPSA) is 13.1 Å². The lowest BCUT2D eigenvalue weighted by atomic mass is 9.83. The van der Waals surface area contributed by atoms with Gasteiger partial charge in [0.15, 0.2) is 0 Å². The largest absolute Gasteiger partial charge is 0.456 e. The van der Waals surface area contributed by atoms with E-state index in [-0.39, 0.29) is 0 Å². The van der Waals surface area contributed by atoms with Crippen LogP contribution in [0.4, 0.5) is 0 Å². The number of fused-ring (bicyclic) bond motifs is 7. The van der Waals surface area contributed by atoms with Crippen molar-refractivity contribution >= 4 is 65.0 Å². The fourth-order valence-electron chi connectivity index (χ4n) is 8.47. The lowest BCUT2D eigenvalue weighted by Gasteiger charge is -2.19. The summed E-state index contributed by atoms with van der Waals surface area (Å²) in [5.74, 6) is 0. The molecule has 0 N–H and O–H groups in total. The maximum atomic E-state index is 6.38. The fourth-order valence-corrected chi connectivity index (χ4v) is 8.47. The molecule has 9 aromatic carbocycles. The van der Waals surface area contributed by atoms with Crippen LogP contribution >= 0.6 is 0 Å². The number of aryl methyl sites for hydroxylation is 1. The quantitative estimate of drug-likeness (QED) is 0.163. The average Bonchev–Trinajstić information content (AvgIpc) is 3.58. The van der Waals surface area contributed by atoms with Crippen molar-refractivity contribution in [1.82, 2.24) is 0 Å².